The normalized spacial score (nSPS) is 19.4. The number of nitrogens with one attached hydrogen (secondary N) is 1. The molecule has 2 aromatic rings. The summed E-state index contributed by atoms with van der Waals surface area (Å²) in [4.78, 5) is 21.5. The van der Waals surface area contributed by atoms with Crippen LogP contribution in [0.5, 0.6) is 17.5 Å². The minimum absolute atomic E-state index is 0.140. The van der Waals surface area contributed by atoms with Crippen molar-refractivity contribution in [2.45, 2.75) is 39.5 Å². The predicted molar refractivity (Wildman–Crippen MR) is 95.6 cm³/mol. The maximum Gasteiger partial charge on any atom is 0.324 e. The molecule has 0 saturated carbocycles. The van der Waals surface area contributed by atoms with Crippen molar-refractivity contribution in [3.8, 4) is 17.5 Å². The monoisotopic (exact) mass is 358 g/mol. The second kappa shape index (κ2) is 7.57. The Bertz CT molecular complexity index is 781. The Morgan fingerprint density at radius 2 is 2.00 bits per heavy atom. The summed E-state index contributed by atoms with van der Waals surface area (Å²) in [5, 5.41) is 12.9. The van der Waals surface area contributed by atoms with E-state index in [1.807, 2.05) is 26.8 Å². The molecule has 1 aliphatic rings. The molecule has 1 saturated heterocycles. The van der Waals surface area contributed by atoms with E-state index in [4.69, 9.17) is 9.47 Å². The number of carbonyl (C=O) groups is 1. The smallest absolute Gasteiger partial charge is 0.324 e. The number of nitrogens with zero attached hydrogens (tertiary/aromatic N) is 3. The summed E-state index contributed by atoms with van der Waals surface area (Å²) < 4.78 is 11.2. The largest absolute Gasteiger partial charge is 0.493 e. The van der Waals surface area contributed by atoms with E-state index in [0.717, 1.165) is 11.3 Å². The van der Waals surface area contributed by atoms with Crippen molar-refractivity contribution in [1.82, 2.24) is 15.3 Å². The van der Waals surface area contributed by atoms with E-state index in [9.17, 15) is 9.90 Å². The quantitative estimate of drug-likeness (QED) is 0.824. The number of aryl methyl sites for hydroxylation is 1. The number of aliphatic hydroxyl groups excluding tert-OH is 1. The molecule has 1 aromatic carbocycles. The molecule has 1 aromatic heterocycles. The first-order valence-electron chi connectivity index (χ1n) is 8.54. The van der Waals surface area contributed by atoms with Crippen molar-refractivity contribution in [1.29, 1.82) is 0 Å². The van der Waals surface area contributed by atoms with Crippen LogP contribution in [0.25, 0.3) is 0 Å². The van der Waals surface area contributed by atoms with E-state index in [1.165, 1.54) is 17.3 Å². The lowest BCUT2D eigenvalue weighted by molar-refractivity contribution is 0.159. The van der Waals surface area contributed by atoms with Crippen LogP contribution in [0.3, 0.4) is 0 Å². The van der Waals surface area contributed by atoms with Gasteiger partial charge in [-0.05, 0) is 31.9 Å². The molecule has 0 spiro atoms. The van der Waals surface area contributed by atoms with Gasteiger partial charge in [-0.2, -0.15) is 0 Å². The number of carbonyl (C=O) groups excluding carboxylic acids is 1. The number of anilines is 1. The lowest BCUT2D eigenvalue weighted by atomic mass is 10.2. The van der Waals surface area contributed by atoms with Crippen molar-refractivity contribution in [3.05, 3.63) is 36.2 Å². The Hall–Kier alpha value is -2.87. The SMILES string of the molecule is CCOc1cc(Oc2ncc(N3C(=O)N[C@H](CC)C3O)cn2)ccc1C. The van der Waals surface area contributed by atoms with Gasteiger partial charge in [0.2, 0.25) is 0 Å². The van der Waals surface area contributed by atoms with E-state index >= 15 is 0 Å². The number of hydrogen-bond donors (Lipinski definition) is 2. The molecule has 8 nitrogen and oxygen atoms in total. The summed E-state index contributed by atoms with van der Waals surface area (Å²) in [5.41, 5.74) is 1.41. The highest BCUT2D eigenvalue weighted by atomic mass is 16.5. The molecule has 1 aliphatic heterocycles. The number of aliphatic hydroxyl groups is 1. The summed E-state index contributed by atoms with van der Waals surface area (Å²) in [6.07, 6.45) is 2.57. The van der Waals surface area contributed by atoms with Crippen molar-refractivity contribution in [2.75, 3.05) is 11.5 Å². The van der Waals surface area contributed by atoms with Gasteiger partial charge in [-0.25, -0.2) is 14.8 Å². The second-order valence-corrected chi connectivity index (χ2v) is 5.93. The number of urea groups is 1. The van der Waals surface area contributed by atoms with Gasteiger partial charge in [0.1, 0.15) is 11.5 Å². The van der Waals surface area contributed by atoms with Gasteiger partial charge in [0.25, 0.3) is 0 Å². The Kier molecular flexibility index (Phi) is 5.22. The number of ether oxygens (including phenoxy) is 2. The summed E-state index contributed by atoms with van der Waals surface area (Å²) in [5.74, 6) is 1.29. The molecule has 1 fully saturated rings. The molecule has 2 heterocycles. The third-order valence-electron chi connectivity index (χ3n) is 4.15. The van der Waals surface area contributed by atoms with Gasteiger partial charge in [0.05, 0.1) is 30.7 Å². The molecule has 2 atom stereocenters. The van der Waals surface area contributed by atoms with Crippen LogP contribution >= 0.6 is 0 Å². The van der Waals surface area contributed by atoms with E-state index < -0.39 is 6.23 Å². The summed E-state index contributed by atoms with van der Waals surface area (Å²) >= 11 is 0. The number of benzene rings is 1. The molecule has 8 heteroatoms. The zero-order valence-electron chi connectivity index (χ0n) is 15.0. The van der Waals surface area contributed by atoms with Crippen molar-refractivity contribution >= 4 is 11.7 Å². The lowest BCUT2D eigenvalue weighted by Crippen LogP contribution is -2.36. The zero-order chi connectivity index (χ0) is 18.7. The molecule has 0 radical (unpaired) electrons. The van der Waals surface area contributed by atoms with E-state index in [2.05, 4.69) is 15.3 Å². The van der Waals surface area contributed by atoms with Gasteiger partial charge in [-0.1, -0.05) is 13.0 Å². The van der Waals surface area contributed by atoms with Crippen molar-refractivity contribution < 1.29 is 19.4 Å². The average molecular weight is 358 g/mol. The van der Waals surface area contributed by atoms with Gasteiger partial charge in [0, 0.05) is 6.07 Å². The van der Waals surface area contributed by atoms with Crippen LogP contribution in [-0.2, 0) is 0 Å². The lowest BCUT2D eigenvalue weighted by Gasteiger charge is -2.20. The third-order valence-corrected chi connectivity index (χ3v) is 4.15. The Labute approximate surface area is 151 Å². The summed E-state index contributed by atoms with van der Waals surface area (Å²) in [6.45, 7) is 6.33. The first-order chi connectivity index (χ1) is 12.5. The number of rotatable bonds is 6. The molecular weight excluding hydrogens is 336 g/mol. The van der Waals surface area contributed by atoms with E-state index in [0.29, 0.717) is 24.5 Å². The Morgan fingerprint density at radius 3 is 2.62 bits per heavy atom. The molecule has 1 unspecified atom stereocenters. The number of aromatic nitrogens is 2. The van der Waals surface area contributed by atoms with Gasteiger partial charge in [0.15, 0.2) is 6.23 Å². The molecule has 0 aliphatic carbocycles. The van der Waals surface area contributed by atoms with Crippen LogP contribution in [-0.4, -0.2) is 40.0 Å². The highest BCUT2D eigenvalue weighted by Gasteiger charge is 2.38. The van der Waals surface area contributed by atoms with Crippen LogP contribution in [0.2, 0.25) is 0 Å². The first kappa shape index (κ1) is 17.9. The van der Waals surface area contributed by atoms with E-state index in [1.54, 1.807) is 12.1 Å². The fourth-order valence-electron chi connectivity index (χ4n) is 2.73. The fraction of sp³-hybridized carbons (Fsp3) is 0.389. The predicted octanol–water partition coefficient (Wildman–Crippen LogP) is 2.60. The highest BCUT2D eigenvalue weighted by Crippen LogP contribution is 2.28. The zero-order valence-corrected chi connectivity index (χ0v) is 15.0. The molecule has 3 rings (SSSR count). The average Bonchev–Trinajstić information content (AvgIpc) is 2.92. The number of amides is 2. The van der Waals surface area contributed by atoms with Gasteiger partial charge in [-0.15, -0.1) is 0 Å². The molecule has 2 amide bonds. The van der Waals surface area contributed by atoms with Crippen LogP contribution in [0.15, 0.2) is 30.6 Å². The van der Waals surface area contributed by atoms with Crippen molar-refractivity contribution in [2.24, 2.45) is 0 Å². The van der Waals surface area contributed by atoms with Gasteiger partial charge in [-0.3, -0.25) is 4.90 Å². The first-order valence-corrected chi connectivity index (χ1v) is 8.54. The summed E-state index contributed by atoms with van der Waals surface area (Å²) in [6, 6.07) is 4.92. The molecule has 26 heavy (non-hydrogen) atoms. The molecular formula is C18H22N4O4. The van der Waals surface area contributed by atoms with E-state index in [-0.39, 0.29) is 18.1 Å². The standard InChI is InChI=1S/C18H22N4O4/c1-4-14-16(23)22(18(24)21-14)12-9-19-17(20-10-12)26-13-7-6-11(3)15(8-13)25-5-2/h6-10,14,16,23H,4-5H2,1-3H3,(H,21,24)/t14-,16?/m1/s1. The fourth-order valence-corrected chi connectivity index (χ4v) is 2.73. The van der Waals surface area contributed by atoms with Crippen LogP contribution in [0, 0.1) is 6.92 Å². The van der Waals surface area contributed by atoms with Gasteiger partial charge >= 0.3 is 12.0 Å². The molecule has 0 bridgehead atoms. The Balaban J connectivity index is 1.74. The third kappa shape index (κ3) is 3.55. The summed E-state index contributed by atoms with van der Waals surface area (Å²) in [7, 11) is 0. The van der Waals surface area contributed by atoms with Crippen molar-refractivity contribution in [3.63, 3.8) is 0 Å². The van der Waals surface area contributed by atoms with Crippen LogP contribution in [0.4, 0.5) is 10.5 Å². The minimum atomic E-state index is -0.950. The van der Waals surface area contributed by atoms with Crippen LogP contribution in [0.1, 0.15) is 25.8 Å². The Morgan fingerprint density at radius 1 is 1.27 bits per heavy atom. The maximum absolute atomic E-state index is 12.0. The van der Waals surface area contributed by atoms with Gasteiger partial charge < -0.3 is 19.9 Å². The minimum Gasteiger partial charge on any atom is -0.493 e. The van der Waals surface area contributed by atoms with Crippen LogP contribution < -0.4 is 19.7 Å². The second-order valence-electron chi connectivity index (χ2n) is 5.93. The molecule has 138 valence electrons. The number of hydrogen-bond acceptors (Lipinski definition) is 6. The highest BCUT2D eigenvalue weighted by molar-refractivity contribution is 5.94. The topological polar surface area (TPSA) is 96.8 Å². The molecule has 2 N–H and O–H groups in total. The maximum atomic E-state index is 12.0.